The molecule has 1 aliphatic heterocycles. The molecule has 1 aromatic rings. The van der Waals surface area contributed by atoms with Crippen molar-refractivity contribution >= 4 is 29.4 Å². The number of carbonyl (C=O) groups excluding carboxylic acids is 2. The van der Waals surface area contributed by atoms with Crippen molar-refractivity contribution in [2.24, 2.45) is 0 Å². The van der Waals surface area contributed by atoms with Gasteiger partial charge in [-0.3, -0.25) is 0 Å². The van der Waals surface area contributed by atoms with Gasteiger partial charge in [-0.2, -0.15) is 0 Å². The molecule has 1 fully saturated rings. The Labute approximate surface area is 96.5 Å². The summed E-state index contributed by atoms with van der Waals surface area (Å²) in [5.74, 6) is -0.977. The van der Waals surface area contributed by atoms with Gasteiger partial charge in [0.05, 0.1) is 6.61 Å². The number of carbonyl (C=O) groups is 2. The van der Waals surface area contributed by atoms with E-state index in [1.165, 1.54) is 17.4 Å². The fraction of sp³-hybridized carbons (Fsp3) is 0.273. The lowest BCUT2D eigenvalue weighted by atomic mass is 10.3. The summed E-state index contributed by atoms with van der Waals surface area (Å²) < 4.78 is 9.60. The van der Waals surface area contributed by atoms with E-state index in [0.717, 1.165) is 4.88 Å². The highest BCUT2D eigenvalue weighted by Gasteiger charge is 2.29. The second kappa shape index (κ2) is 4.94. The Hall–Kier alpha value is -1.62. The maximum Gasteiger partial charge on any atom is 0.347 e. The molecule has 4 nitrogen and oxygen atoms in total. The Morgan fingerprint density at radius 2 is 2.50 bits per heavy atom. The Morgan fingerprint density at radius 1 is 1.62 bits per heavy atom. The van der Waals surface area contributed by atoms with E-state index in [4.69, 9.17) is 4.74 Å². The zero-order valence-corrected chi connectivity index (χ0v) is 9.24. The highest BCUT2D eigenvalue weighted by atomic mass is 32.1. The van der Waals surface area contributed by atoms with E-state index in [0.29, 0.717) is 13.0 Å². The molecule has 0 radical (unpaired) electrons. The van der Waals surface area contributed by atoms with Crippen molar-refractivity contribution in [3.05, 3.63) is 28.5 Å². The van der Waals surface area contributed by atoms with Crippen LogP contribution in [0.2, 0.25) is 0 Å². The van der Waals surface area contributed by atoms with Crippen LogP contribution in [0.1, 0.15) is 11.3 Å². The van der Waals surface area contributed by atoms with E-state index in [1.54, 1.807) is 6.08 Å². The molecular formula is C11H10O4S. The van der Waals surface area contributed by atoms with Crippen LogP contribution in [0.4, 0.5) is 0 Å². The van der Waals surface area contributed by atoms with Gasteiger partial charge in [-0.05, 0) is 17.5 Å². The molecule has 0 amide bonds. The monoisotopic (exact) mass is 238 g/mol. The second-order valence-corrected chi connectivity index (χ2v) is 4.21. The molecular weight excluding hydrogens is 228 g/mol. The summed E-state index contributed by atoms with van der Waals surface area (Å²) in [6, 6.07) is 3.78. The molecule has 1 atom stereocenters. The summed E-state index contributed by atoms with van der Waals surface area (Å²) in [4.78, 5) is 23.3. The van der Waals surface area contributed by atoms with Crippen LogP contribution < -0.4 is 0 Å². The van der Waals surface area contributed by atoms with Gasteiger partial charge in [-0.25, -0.2) is 9.59 Å². The lowest BCUT2D eigenvalue weighted by Crippen LogP contribution is -2.21. The third-order valence-electron chi connectivity index (χ3n) is 2.07. The zero-order chi connectivity index (χ0) is 11.4. The van der Waals surface area contributed by atoms with E-state index in [2.05, 4.69) is 4.74 Å². The van der Waals surface area contributed by atoms with Crippen LogP contribution in [-0.2, 0) is 19.1 Å². The first kappa shape index (κ1) is 10.9. The zero-order valence-electron chi connectivity index (χ0n) is 8.42. The average Bonchev–Trinajstić information content (AvgIpc) is 2.88. The number of hydrogen-bond donors (Lipinski definition) is 0. The van der Waals surface area contributed by atoms with Crippen LogP contribution in [0.5, 0.6) is 0 Å². The predicted octanol–water partition coefficient (Wildman–Crippen LogP) is 1.62. The molecule has 2 heterocycles. The minimum absolute atomic E-state index is 0.325. The molecule has 1 aromatic heterocycles. The van der Waals surface area contributed by atoms with E-state index in [-0.39, 0.29) is 0 Å². The summed E-state index contributed by atoms with van der Waals surface area (Å²) in [5, 5.41) is 1.92. The molecule has 2 rings (SSSR count). The Balaban J connectivity index is 1.87. The number of hydrogen-bond acceptors (Lipinski definition) is 5. The fourth-order valence-electron chi connectivity index (χ4n) is 1.30. The summed E-state index contributed by atoms with van der Waals surface area (Å²) in [7, 11) is 0. The van der Waals surface area contributed by atoms with E-state index < -0.39 is 18.0 Å². The van der Waals surface area contributed by atoms with Gasteiger partial charge < -0.3 is 9.47 Å². The minimum atomic E-state index is -0.736. The lowest BCUT2D eigenvalue weighted by Gasteiger charge is -2.04. The molecule has 0 N–H and O–H groups in total. The number of cyclic esters (lactones) is 1. The number of esters is 2. The van der Waals surface area contributed by atoms with E-state index in [9.17, 15) is 9.59 Å². The van der Waals surface area contributed by atoms with Crippen molar-refractivity contribution in [3.8, 4) is 0 Å². The van der Waals surface area contributed by atoms with Crippen LogP contribution in [0, 0.1) is 0 Å². The van der Waals surface area contributed by atoms with Crippen molar-refractivity contribution < 1.29 is 19.1 Å². The molecule has 0 bridgehead atoms. The molecule has 1 aliphatic rings. The maximum absolute atomic E-state index is 11.3. The quantitative estimate of drug-likeness (QED) is 0.593. The largest absolute Gasteiger partial charge is 0.463 e. The minimum Gasteiger partial charge on any atom is -0.463 e. The van der Waals surface area contributed by atoms with Crippen LogP contribution in [0.25, 0.3) is 6.08 Å². The summed E-state index contributed by atoms with van der Waals surface area (Å²) in [6.45, 7) is 0.325. The smallest absolute Gasteiger partial charge is 0.347 e. The Kier molecular flexibility index (Phi) is 3.36. The number of thiophene rings is 1. The fourth-order valence-corrected chi connectivity index (χ4v) is 1.92. The van der Waals surface area contributed by atoms with Crippen molar-refractivity contribution in [2.75, 3.05) is 6.61 Å². The Bertz CT molecular complexity index is 408. The van der Waals surface area contributed by atoms with Crippen LogP contribution in [0.3, 0.4) is 0 Å². The molecule has 1 unspecified atom stereocenters. The molecule has 0 aliphatic carbocycles. The van der Waals surface area contributed by atoms with Crippen molar-refractivity contribution in [3.63, 3.8) is 0 Å². The third-order valence-corrected chi connectivity index (χ3v) is 2.91. The van der Waals surface area contributed by atoms with E-state index in [1.807, 2.05) is 17.5 Å². The normalized spacial score (nSPS) is 20.0. The van der Waals surface area contributed by atoms with Crippen molar-refractivity contribution in [2.45, 2.75) is 12.5 Å². The van der Waals surface area contributed by atoms with Crippen LogP contribution in [0.15, 0.2) is 23.6 Å². The predicted molar refractivity (Wildman–Crippen MR) is 58.8 cm³/mol. The maximum atomic E-state index is 11.3. The topological polar surface area (TPSA) is 52.6 Å². The number of rotatable bonds is 3. The van der Waals surface area contributed by atoms with Crippen LogP contribution >= 0.6 is 11.3 Å². The molecule has 0 aromatic carbocycles. The van der Waals surface area contributed by atoms with Crippen molar-refractivity contribution in [1.82, 2.24) is 0 Å². The average molecular weight is 238 g/mol. The van der Waals surface area contributed by atoms with Gasteiger partial charge in [0.15, 0.2) is 0 Å². The molecule has 0 saturated carbocycles. The molecule has 0 spiro atoms. The van der Waals surface area contributed by atoms with Crippen molar-refractivity contribution in [1.29, 1.82) is 0 Å². The summed E-state index contributed by atoms with van der Waals surface area (Å²) in [5.41, 5.74) is 0. The summed E-state index contributed by atoms with van der Waals surface area (Å²) in [6.07, 6.45) is 2.68. The SMILES string of the molecule is O=C(/C=C/c1cccs1)OC1CCOC1=O. The van der Waals surface area contributed by atoms with Gasteiger partial charge in [0.2, 0.25) is 6.10 Å². The van der Waals surface area contributed by atoms with Gasteiger partial charge in [0.25, 0.3) is 0 Å². The standard InChI is InChI=1S/C11H10O4S/c12-10(4-3-8-2-1-7-16-8)15-9-5-6-14-11(9)13/h1-4,7,9H,5-6H2/b4-3+. The molecule has 84 valence electrons. The van der Waals surface area contributed by atoms with Gasteiger partial charge >= 0.3 is 11.9 Å². The van der Waals surface area contributed by atoms with Gasteiger partial charge in [-0.15, -0.1) is 11.3 Å². The van der Waals surface area contributed by atoms with Gasteiger partial charge in [0, 0.05) is 17.4 Å². The molecule has 16 heavy (non-hydrogen) atoms. The number of ether oxygens (including phenoxy) is 2. The molecule has 1 saturated heterocycles. The highest BCUT2D eigenvalue weighted by Crippen LogP contribution is 2.12. The third kappa shape index (κ3) is 2.70. The summed E-state index contributed by atoms with van der Waals surface area (Å²) >= 11 is 1.52. The van der Waals surface area contributed by atoms with Gasteiger partial charge in [-0.1, -0.05) is 6.07 Å². The van der Waals surface area contributed by atoms with Gasteiger partial charge in [0.1, 0.15) is 0 Å². The highest BCUT2D eigenvalue weighted by molar-refractivity contribution is 7.10. The first-order chi connectivity index (χ1) is 7.75. The van der Waals surface area contributed by atoms with E-state index >= 15 is 0 Å². The lowest BCUT2D eigenvalue weighted by molar-refractivity contribution is -0.156. The Morgan fingerprint density at radius 3 is 3.12 bits per heavy atom. The second-order valence-electron chi connectivity index (χ2n) is 3.23. The first-order valence-corrected chi connectivity index (χ1v) is 5.72. The van der Waals surface area contributed by atoms with Crippen LogP contribution in [-0.4, -0.2) is 24.6 Å². The first-order valence-electron chi connectivity index (χ1n) is 4.84. The molecule has 5 heteroatoms.